The van der Waals surface area contributed by atoms with E-state index >= 15 is 0 Å². The number of hydrogen-bond acceptors (Lipinski definition) is 2. The van der Waals surface area contributed by atoms with Gasteiger partial charge in [0.1, 0.15) is 0 Å². The highest BCUT2D eigenvalue weighted by Gasteiger charge is 2.32. The fourth-order valence-corrected chi connectivity index (χ4v) is 4.51. The Morgan fingerprint density at radius 1 is 1.39 bits per heavy atom. The highest BCUT2D eigenvalue weighted by molar-refractivity contribution is 7.99. The van der Waals surface area contributed by atoms with Gasteiger partial charge in [-0.3, -0.25) is 0 Å². The zero-order valence-electron chi connectivity index (χ0n) is 11.0. The van der Waals surface area contributed by atoms with Crippen LogP contribution in [0.15, 0.2) is 12.1 Å². The van der Waals surface area contributed by atoms with Gasteiger partial charge in [0.15, 0.2) is 0 Å². The van der Waals surface area contributed by atoms with Gasteiger partial charge in [-0.15, -0.1) is 0 Å². The van der Waals surface area contributed by atoms with Crippen molar-refractivity contribution in [2.75, 3.05) is 6.54 Å². The van der Waals surface area contributed by atoms with E-state index in [0.29, 0.717) is 22.2 Å². The predicted molar refractivity (Wildman–Crippen MR) is 82.8 cm³/mol. The number of rotatable bonds is 3. The van der Waals surface area contributed by atoms with Gasteiger partial charge in [0.25, 0.3) is 0 Å². The molecule has 4 heteroatoms. The van der Waals surface area contributed by atoms with Crippen LogP contribution in [0.1, 0.15) is 37.9 Å². The highest BCUT2D eigenvalue weighted by Crippen LogP contribution is 2.44. The van der Waals surface area contributed by atoms with Crippen LogP contribution in [0, 0.1) is 5.92 Å². The first kappa shape index (κ1) is 14.5. The molecule has 0 amide bonds. The average Bonchev–Trinajstić information content (AvgIpc) is 2.34. The van der Waals surface area contributed by atoms with E-state index in [1.165, 1.54) is 11.1 Å². The SMILES string of the molecule is CCNC1c2ccc(Cl)c(Cl)c2CSC1C(C)C. The van der Waals surface area contributed by atoms with Gasteiger partial charge < -0.3 is 5.32 Å². The quantitative estimate of drug-likeness (QED) is 0.851. The lowest BCUT2D eigenvalue weighted by Crippen LogP contribution is -2.36. The summed E-state index contributed by atoms with van der Waals surface area (Å²) in [5.41, 5.74) is 2.53. The topological polar surface area (TPSA) is 12.0 Å². The van der Waals surface area contributed by atoms with Crippen LogP contribution in [-0.2, 0) is 5.75 Å². The van der Waals surface area contributed by atoms with Crippen LogP contribution in [0.5, 0.6) is 0 Å². The third kappa shape index (κ3) is 2.67. The summed E-state index contributed by atoms with van der Waals surface area (Å²) in [6, 6.07) is 4.42. The Morgan fingerprint density at radius 2 is 2.11 bits per heavy atom. The number of halogens is 2. The normalized spacial score (nSPS) is 23.2. The minimum atomic E-state index is 0.374. The van der Waals surface area contributed by atoms with E-state index in [1.54, 1.807) is 0 Å². The lowest BCUT2D eigenvalue weighted by Gasteiger charge is -2.36. The van der Waals surface area contributed by atoms with E-state index in [1.807, 2.05) is 17.8 Å². The van der Waals surface area contributed by atoms with E-state index in [2.05, 4.69) is 32.2 Å². The molecule has 1 aromatic rings. The monoisotopic (exact) mass is 303 g/mol. The zero-order valence-corrected chi connectivity index (χ0v) is 13.3. The number of hydrogen-bond donors (Lipinski definition) is 1. The number of fused-ring (bicyclic) bond motifs is 1. The molecule has 2 rings (SSSR count). The van der Waals surface area contributed by atoms with Gasteiger partial charge in [-0.05, 0) is 29.7 Å². The van der Waals surface area contributed by atoms with Crippen LogP contribution in [0.3, 0.4) is 0 Å². The molecule has 1 aliphatic rings. The largest absolute Gasteiger partial charge is 0.309 e. The Balaban J connectivity index is 2.43. The Morgan fingerprint density at radius 3 is 2.72 bits per heavy atom. The molecule has 1 aromatic carbocycles. The molecular formula is C14H19Cl2NS. The molecule has 1 nitrogen and oxygen atoms in total. The van der Waals surface area contributed by atoms with Gasteiger partial charge in [0.05, 0.1) is 10.0 Å². The third-order valence-corrected chi connectivity index (χ3v) is 5.90. The summed E-state index contributed by atoms with van der Waals surface area (Å²) in [6.45, 7) is 7.68. The number of benzene rings is 1. The molecule has 1 aliphatic heterocycles. The summed E-state index contributed by atoms with van der Waals surface area (Å²) >= 11 is 14.4. The Labute approximate surface area is 124 Å². The van der Waals surface area contributed by atoms with Crippen molar-refractivity contribution in [2.45, 2.75) is 37.8 Å². The summed E-state index contributed by atoms with van der Waals surface area (Å²) in [5.74, 6) is 1.60. The van der Waals surface area contributed by atoms with Crippen molar-refractivity contribution in [1.82, 2.24) is 5.32 Å². The van der Waals surface area contributed by atoms with E-state index < -0.39 is 0 Å². The Bertz CT molecular complexity index is 434. The minimum Gasteiger partial charge on any atom is -0.309 e. The molecule has 100 valence electrons. The first-order valence-electron chi connectivity index (χ1n) is 6.38. The molecule has 0 aliphatic carbocycles. The van der Waals surface area contributed by atoms with Crippen molar-refractivity contribution in [3.05, 3.63) is 33.3 Å². The van der Waals surface area contributed by atoms with Crippen LogP contribution >= 0.6 is 35.0 Å². The van der Waals surface area contributed by atoms with Crippen LogP contribution in [0.4, 0.5) is 0 Å². The maximum Gasteiger partial charge on any atom is 0.0636 e. The van der Waals surface area contributed by atoms with Crippen LogP contribution in [0.2, 0.25) is 10.0 Å². The number of nitrogens with one attached hydrogen (secondary N) is 1. The molecular weight excluding hydrogens is 285 g/mol. The van der Waals surface area contributed by atoms with Crippen molar-refractivity contribution < 1.29 is 0 Å². The lowest BCUT2D eigenvalue weighted by molar-refractivity contribution is 0.447. The van der Waals surface area contributed by atoms with Crippen LogP contribution in [-0.4, -0.2) is 11.8 Å². The van der Waals surface area contributed by atoms with Gasteiger partial charge in [0, 0.05) is 17.0 Å². The van der Waals surface area contributed by atoms with Crippen molar-refractivity contribution in [1.29, 1.82) is 0 Å². The standard InChI is InChI=1S/C14H19Cl2NS/c1-4-17-13-9-5-6-11(15)12(16)10(9)7-18-14(13)8(2)3/h5-6,8,13-14,17H,4,7H2,1-3H3. The fraction of sp³-hybridized carbons (Fsp3) is 0.571. The van der Waals surface area contributed by atoms with Gasteiger partial charge in [-0.25, -0.2) is 0 Å². The average molecular weight is 304 g/mol. The maximum atomic E-state index is 6.33. The predicted octanol–water partition coefficient (Wildman–Crippen LogP) is 4.92. The third-order valence-electron chi connectivity index (χ3n) is 3.40. The van der Waals surface area contributed by atoms with Crippen LogP contribution in [0.25, 0.3) is 0 Å². The van der Waals surface area contributed by atoms with Gasteiger partial charge in [-0.1, -0.05) is 50.0 Å². The maximum absolute atomic E-state index is 6.33. The Hall–Kier alpha value is 0.110. The minimum absolute atomic E-state index is 0.374. The first-order valence-corrected chi connectivity index (χ1v) is 8.18. The van der Waals surface area contributed by atoms with Gasteiger partial charge in [0.2, 0.25) is 0 Å². The lowest BCUT2D eigenvalue weighted by atomic mass is 9.92. The molecule has 0 saturated heterocycles. The molecule has 1 heterocycles. The molecule has 0 aromatic heterocycles. The van der Waals surface area contributed by atoms with E-state index in [0.717, 1.165) is 17.3 Å². The summed E-state index contributed by atoms with van der Waals surface area (Å²) in [4.78, 5) is 0. The van der Waals surface area contributed by atoms with E-state index in [9.17, 15) is 0 Å². The second-order valence-electron chi connectivity index (χ2n) is 4.98. The molecule has 18 heavy (non-hydrogen) atoms. The molecule has 0 radical (unpaired) electrons. The second kappa shape index (κ2) is 6.04. The second-order valence-corrected chi connectivity index (χ2v) is 6.94. The summed E-state index contributed by atoms with van der Waals surface area (Å²) in [7, 11) is 0. The summed E-state index contributed by atoms with van der Waals surface area (Å²) in [5, 5.41) is 5.58. The van der Waals surface area contributed by atoms with E-state index in [-0.39, 0.29) is 0 Å². The van der Waals surface area contributed by atoms with Crippen molar-refractivity contribution in [3.63, 3.8) is 0 Å². The van der Waals surface area contributed by atoms with Gasteiger partial charge in [-0.2, -0.15) is 11.8 Å². The molecule has 0 saturated carbocycles. The Kier molecular flexibility index (Phi) is 4.87. The zero-order chi connectivity index (χ0) is 13.3. The molecule has 0 bridgehead atoms. The van der Waals surface area contributed by atoms with Crippen molar-refractivity contribution >= 4 is 35.0 Å². The number of thioether (sulfide) groups is 1. The molecule has 0 spiro atoms. The van der Waals surface area contributed by atoms with Crippen molar-refractivity contribution in [2.24, 2.45) is 5.92 Å². The summed E-state index contributed by atoms with van der Waals surface area (Å²) in [6.07, 6.45) is 0. The highest BCUT2D eigenvalue weighted by atomic mass is 35.5. The van der Waals surface area contributed by atoms with Crippen molar-refractivity contribution in [3.8, 4) is 0 Å². The van der Waals surface area contributed by atoms with E-state index in [4.69, 9.17) is 23.2 Å². The summed E-state index contributed by atoms with van der Waals surface area (Å²) < 4.78 is 0. The molecule has 0 fully saturated rings. The molecule has 2 unspecified atom stereocenters. The fourth-order valence-electron chi connectivity index (χ4n) is 2.52. The van der Waals surface area contributed by atoms with Gasteiger partial charge >= 0.3 is 0 Å². The smallest absolute Gasteiger partial charge is 0.0636 e. The first-order chi connectivity index (χ1) is 8.56. The molecule has 1 N–H and O–H groups in total. The molecule has 2 atom stereocenters. The van der Waals surface area contributed by atoms with Crippen LogP contribution < -0.4 is 5.32 Å².